The first-order chi connectivity index (χ1) is 13.1. The molecule has 3 aromatic heterocycles. The highest BCUT2D eigenvalue weighted by atomic mass is 19.1. The highest BCUT2D eigenvalue weighted by Crippen LogP contribution is 2.36. The number of halogens is 1. The van der Waals surface area contributed by atoms with Crippen LogP contribution >= 0.6 is 0 Å². The number of phenols is 1. The van der Waals surface area contributed by atoms with Crippen LogP contribution in [0.4, 0.5) is 10.2 Å². The molecule has 0 saturated carbocycles. The standard InChI is InChI=1S/C20H17FN4O2/c1-11-22-19-16(27-11)10-12(20(26)18(19)21)13-4-5-15-14(23-13)6-7-17(24-15)25-8-2-3-9-25/h4-7,10,26H,2-3,8-9H2,1H3. The van der Waals surface area contributed by atoms with Crippen LogP contribution in [0.25, 0.3) is 33.4 Å². The summed E-state index contributed by atoms with van der Waals surface area (Å²) < 4.78 is 19.9. The second kappa shape index (κ2) is 5.90. The smallest absolute Gasteiger partial charge is 0.195 e. The van der Waals surface area contributed by atoms with Gasteiger partial charge in [0.2, 0.25) is 0 Å². The Balaban J connectivity index is 1.61. The molecule has 1 aromatic carbocycles. The van der Waals surface area contributed by atoms with Crippen molar-refractivity contribution in [2.24, 2.45) is 0 Å². The molecule has 4 heterocycles. The number of pyridine rings is 2. The van der Waals surface area contributed by atoms with Gasteiger partial charge >= 0.3 is 0 Å². The molecule has 1 saturated heterocycles. The van der Waals surface area contributed by atoms with E-state index in [1.165, 1.54) is 12.8 Å². The number of phenolic OH excluding ortho intramolecular Hbond substituents is 1. The van der Waals surface area contributed by atoms with Crippen molar-refractivity contribution in [3.63, 3.8) is 0 Å². The number of aryl methyl sites for hydroxylation is 1. The quantitative estimate of drug-likeness (QED) is 0.575. The topological polar surface area (TPSA) is 75.3 Å². The molecule has 0 unspecified atom stereocenters. The van der Waals surface area contributed by atoms with Crippen LogP contribution < -0.4 is 4.90 Å². The lowest BCUT2D eigenvalue weighted by Crippen LogP contribution is -2.18. The monoisotopic (exact) mass is 364 g/mol. The fourth-order valence-electron chi connectivity index (χ4n) is 3.59. The minimum absolute atomic E-state index is 0.0199. The van der Waals surface area contributed by atoms with E-state index in [0.717, 1.165) is 24.4 Å². The average Bonchev–Trinajstić information content (AvgIpc) is 3.33. The normalized spacial score (nSPS) is 14.5. The molecule has 6 nitrogen and oxygen atoms in total. The van der Waals surface area contributed by atoms with Gasteiger partial charge in [0.05, 0.1) is 16.7 Å². The highest BCUT2D eigenvalue weighted by Gasteiger charge is 2.20. The predicted octanol–water partition coefficient (Wildman–Crippen LogP) is 4.19. The summed E-state index contributed by atoms with van der Waals surface area (Å²) in [4.78, 5) is 15.5. The molecule has 0 atom stereocenters. The molecule has 27 heavy (non-hydrogen) atoms. The zero-order chi connectivity index (χ0) is 18.5. The van der Waals surface area contributed by atoms with Crippen LogP contribution in [-0.4, -0.2) is 33.1 Å². The van der Waals surface area contributed by atoms with Crippen molar-refractivity contribution in [2.45, 2.75) is 19.8 Å². The number of hydrogen-bond acceptors (Lipinski definition) is 6. The second-order valence-corrected chi connectivity index (χ2v) is 6.76. The van der Waals surface area contributed by atoms with Gasteiger partial charge in [-0.3, -0.25) is 0 Å². The van der Waals surface area contributed by atoms with Gasteiger partial charge in [0.25, 0.3) is 0 Å². The number of nitrogens with zero attached hydrogens (tertiary/aromatic N) is 4. The zero-order valence-corrected chi connectivity index (χ0v) is 14.7. The zero-order valence-electron chi connectivity index (χ0n) is 14.7. The van der Waals surface area contributed by atoms with E-state index < -0.39 is 11.6 Å². The van der Waals surface area contributed by atoms with Crippen molar-refractivity contribution in [1.82, 2.24) is 15.0 Å². The molecule has 1 fully saturated rings. The number of benzene rings is 1. The third-order valence-corrected chi connectivity index (χ3v) is 4.94. The fraction of sp³-hybridized carbons (Fsp3) is 0.250. The molecule has 136 valence electrons. The summed E-state index contributed by atoms with van der Waals surface area (Å²) >= 11 is 0. The van der Waals surface area contributed by atoms with Gasteiger partial charge in [0, 0.05) is 25.6 Å². The van der Waals surface area contributed by atoms with Gasteiger partial charge in [0.15, 0.2) is 23.0 Å². The average molecular weight is 364 g/mol. The van der Waals surface area contributed by atoms with E-state index in [1.807, 2.05) is 18.2 Å². The van der Waals surface area contributed by atoms with E-state index in [-0.39, 0.29) is 16.7 Å². The predicted molar refractivity (Wildman–Crippen MR) is 100 cm³/mol. The summed E-state index contributed by atoms with van der Waals surface area (Å²) in [6, 6.07) is 8.99. The van der Waals surface area contributed by atoms with Crippen molar-refractivity contribution >= 4 is 28.0 Å². The molecule has 0 amide bonds. The second-order valence-electron chi connectivity index (χ2n) is 6.76. The molecule has 0 bridgehead atoms. The van der Waals surface area contributed by atoms with Crippen molar-refractivity contribution in [3.05, 3.63) is 42.0 Å². The summed E-state index contributed by atoms with van der Waals surface area (Å²) in [7, 11) is 0. The summed E-state index contributed by atoms with van der Waals surface area (Å²) in [5.74, 6) is 0.000563. The maximum Gasteiger partial charge on any atom is 0.195 e. The third-order valence-electron chi connectivity index (χ3n) is 4.94. The van der Waals surface area contributed by atoms with E-state index in [1.54, 1.807) is 19.1 Å². The molecule has 0 spiro atoms. The van der Waals surface area contributed by atoms with Crippen LogP contribution in [0.1, 0.15) is 18.7 Å². The minimum atomic E-state index is -0.802. The van der Waals surface area contributed by atoms with Crippen LogP contribution in [0.2, 0.25) is 0 Å². The van der Waals surface area contributed by atoms with E-state index in [0.29, 0.717) is 17.1 Å². The maximum absolute atomic E-state index is 14.5. The van der Waals surface area contributed by atoms with Crippen LogP contribution in [0.3, 0.4) is 0 Å². The number of aromatic nitrogens is 3. The summed E-state index contributed by atoms with van der Waals surface area (Å²) in [5, 5.41) is 10.3. The van der Waals surface area contributed by atoms with Gasteiger partial charge in [-0.25, -0.2) is 19.3 Å². The van der Waals surface area contributed by atoms with Gasteiger partial charge in [-0.15, -0.1) is 0 Å². The highest BCUT2D eigenvalue weighted by molar-refractivity contribution is 5.87. The van der Waals surface area contributed by atoms with Gasteiger partial charge in [0.1, 0.15) is 11.3 Å². The lowest BCUT2D eigenvalue weighted by atomic mass is 10.1. The molecular formula is C20H17FN4O2. The SMILES string of the molecule is Cc1nc2c(F)c(O)c(-c3ccc4nc(N5CCCC5)ccc4n3)cc2o1. The Morgan fingerprint density at radius 1 is 1.04 bits per heavy atom. The molecule has 0 aliphatic carbocycles. The summed E-state index contributed by atoms with van der Waals surface area (Å²) in [6.45, 7) is 3.68. The van der Waals surface area contributed by atoms with Crippen LogP contribution in [0.15, 0.2) is 34.7 Å². The van der Waals surface area contributed by atoms with Crippen LogP contribution in [-0.2, 0) is 0 Å². The molecule has 1 aliphatic rings. The number of anilines is 1. The molecule has 1 aliphatic heterocycles. The Hall–Kier alpha value is -3.22. The summed E-state index contributed by atoms with van der Waals surface area (Å²) in [5.41, 5.74) is 2.46. The molecular weight excluding hydrogens is 347 g/mol. The number of oxazole rings is 1. The minimum Gasteiger partial charge on any atom is -0.504 e. The first kappa shape index (κ1) is 16.0. The van der Waals surface area contributed by atoms with Gasteiger partial charge < -0.3 is 14.4 Å². The lowest BCUT2D eigenvalue weighted by molar-refractivity contribution is 0.437. The molecule has 7 heteroatoms. The lowest BCUT2D eigenvalue weighted by Gasteiger charge is -2.16. The first-order valence-electron chi connectivity index (χ1n) is 8.92. The van der Waals surface area contributed by atoms with Crippen molar-refractivity contribution in [3.8, 4) is 17.0 Å². The van der Waals surface area contributed by atoms with Crippen molar-refractivity contribution < 1.29 is 13.9 Å². The maximum atomic E-state index is 14.5. The van der Waals surface area contributed by atoms with Crippen molar-refractivity contribution in [1.29, 1.82) is 0 Å². The van der Waals surface area contributed by atoms with Crippen LogP contribution in [0.5, 0.6) is 5.75 Å². The van der Waals surface area contributed by atoms with E-state index in [2.05, 4.69) is 19.9 Å². The molecule has 4 aromatic rings. The fourth-order valence-corrected chi connectivity index (χ4v) is 3.59. The Labute approximate surface area is 154 Å². The first-order valence-corrected chi connectivity index (χ1v) is 8.92. The molecule has 0 radical (unpaired) electrons. The van der Waals surface area contributed by atoms with Crippen LogP contribution in [0, 0.1) is 12.7 Å². The Kier molecular flexibility index (Phi) is 3.50. The van der Waals surface area contributed by atoms with E-state index in [4.69, 9.17) is 4.42 Å². The number of rotatable bonds is 2. The molecule has 1 N–H and O–H groups in total. The number of hydrogen-bond donors (Lipinski definition) is 1. The van der Waals surface area contributed by atoms with Crippen molar-refractivity contribution in [2.75, 3.05) is 18.0 Å². The van der Waals surface area contributed by atoms with E-state index in [9.17, 15) is 9.50 Å². The van der Waals surface area contributed by atoms with Gasteiger partial charge in [-0.05, 0) is 43.2 Å². The largest absolute Gasteiger partial charge is 0.504 e. The Morgan fingerprint density at radius 2 is 1.78 bits per heavy atom. The van der Waals surface area contributed by atoms with E-state index >= 15 is 0 Å². The van der Waals surface area contributed by atoms with Gasteiger partial charge in [-0.1, -0.05) is 0 Å². The third kappa shape index (κ3) is 2.58. The number of aromatic hydroxyl groups is 1. The molecule has 5 rings (SSSR count). The Bertz CT molecular complexity index is 1180. The van der Waals surface area contributed by atoms with Gasteiger partial charge in [-0.2, -0.15) is 0 Å². The Morgan fingerprint density at radius 3 is 2.59 bits per heavy atom. The summed E-state index contributed by atoms with van der Waals surface area (Å²) in [6.07, 6.45) is 2.37. The number of fused-ring (bicyclic) bond motifs is 2.